The topological polar surface area (TPSA) is 50.2 Å². The van der Waals surface area contributed by atoms with Crippen molar-refractivity contribution in [1.82, 2.24) is 0 Å². The molecule has 9 heavy (non-hydrogen) atoms. The van der Waals surface area contributed by atoms with E-state index < -0.39 is 0 Å². The van der Waals surface area contributed by atoms with Gasteiger partial charge >= 0.3 is 0 Å². The highest BCUT2D eigenvalue weighted by atomic mass is 16.3. The minimum atomic E-state index is 0. The molecule has 0 saturated heterocycles. The number of aliphatic hydroxyl groups is 1. The lowest BCUT2D eigenvalue weighted by molar-refractivity contribution is -0.870. The average Bonchev–Trinajstić information content (AvgIpc) is 1.59. The van der Waals surface area contributed by atoms with Gasteiger partial charge in [-0.1, -0.05) is 0 Å². The minimum absolute atomic E-state index is 0. The van der Waals surface area contributed by atoms with Crippen LogP contribution in [0.15, 0.2) is 0 Å². The molecule has 0 fully saturated rings. The van der Waals surface area contributed by atoms with Crippen LogP contribution < -0.4 is 0 Å². The Bertz CT molecular complexity index is 58.6. The molecule has 0 aromatic carbocycles. The monoisotopic (exact) mass is 135 g/mol. The summed E-state index contributed by atoms with van der Waals surface area (Å²) < 4.78 is 0.945. The quantitative estimate of drug-likeness (QED) is 0.549. The molecule has 2 N–H and O–H groups in total. The van der Waals surface area contributed by atoms with Crippen LogP contribution in [-0.2, 0) is 0 Å². The molecule has 0 radical (unpaired) electrons. The van der Waals surface area contributed by atoms with Gasteiger partial charge in [-0.15, -0.1) is 0 Å². The molecule has 0 saturated carbocycles. The van der Waals surface area contributed by atoms with E-state index in [2.05, 4.69) is 21.1 Å². The molecule has 0 atom stereocenters. The summed E-state index contributed by atoms with van der Waals surface area (Å²) in [4.78, 5) is 0. The zero-order chi connectivity index (χ0) is 6.62. The molecule has 0 aliphatic rings. The van der Waals surface area contributed by atoms with Crippen molar-refractivity contribution in [3.8, 4) is 0 Å². The number of quaternary nitrogens is 1. The molecule has 58 valence electrons. The third-order valence-corrected chi connectivity index (χ3v) is 0.987. The van der Waals surface area contributed by atoms with Crippen molar-refractivity contribution >= 4 is 0 Å². The first kappa shape index (κ1) is 11.6. The molecule has 0 unspecified atom stereocenters. The largest absolute Gasteiger partial charge is 0.870 e. The Labute approximate surface area is 56.8 Å². The molecule has 0 heterocycles. The van der Waals surface area contributed by atoms with Crippen LogP contribution >= 0.6 is 0 Å². The first-order valence-corrected chi connectivity index (χ1v) is 2.97. The lowest BCUT2D eigenvalue weighted by atomic mass is 10.4. The van der Waals surface area contributed by atoms with Crippen molar-refractivity contribution in [1.29, 1.82) is 0 Å². The summed E-state index contributed by atoms with van der Waals surface area (Å²) >= 11 is 0. The van der Waals surface area contributed by atoms with E-state index in [4.69, 9.17) is 5.11 Å². The second-order valence-corrected chi connectivity index (χ2v) is 3.09. The van der Waals surface area contributed by atoms with Crippen LogP contribution in [0.5, 0.6) is 0 Å². The second kappa shape index (κ2) is 4.73. The van der Waals surface area contributed by atoms with Crippen molar-refractivity contribution in [2.24, 2.45) is 0 Å². The SMILES string of the molecule is C[N+](C)(C)CCCO.[OH-]. The summed E-state index contributed by atoms with van der Waals surface area (Å²) in [6.07, 6.45) is 0.906. The molecule has 0 aliphatic heterocycles. The summed E-state index contributed by atoms with van der Waals surface area (Å²) in [6, 6.07) is 0. The molecule has 0 bridgehead atoms. The van der Waals surface area contributed by atoms with Crippen LogP contribution in [0.25, 0.3) is 0 Å². The number of aliphatic hydroxyl groups excluding tert-OH is 1. The highest BCUT2D eigenvalue weighted by molar-refractivity contribution is 4.28. The highest BCUT2D eigenvalue weighted by Crippen LogP contribution is 1.90. The van der Waals surface area contributed by atoms with Gasteiger partial charge in [0.15, 0.2) is 0 Å². The van der Waals surface area contributed by atoms with Crippen molar-refractivity contribution in [2.75, 3.05) is 34.3 Å². The number of rotatable bonds is 3. The van der Waals surface area contributed by atoms with Crippen molar-refractivity contribution in [2.45, 2.75) is 6.42 Å². The van der Waals surface area contributed by atoms with Gasteiger partial charge in [-0.2, -0.15) is 0 Å². The van der Waals surface area contributed by atoms with E-state index in [1.54, 1.807) is 0 Å². The number of hydrogen-bond acceptors (Lipinski definition) is 2. The predicted octanol–water partition coefficient (Wildman–Crippen LogP) is -0.102. The third kappa shape index (κ3) is 11.4. The fourth-order valence-electron chi connectivity index (χ4n) is 0.545. The smallest absolute Gasteiger partial charge is 0.0802 e. The van der Waals surface area contributed by atoms with E-state index in [-0.39, 0.29) is 5.48 Å². The van der Waals surface area contributed by atoms with Gasteiger partial charge in [0.2, 0.25) is 0 Å². The maximum Gasteiger partial charge on any atom is 0.0802 e. The Morgan fingerprint density at radius 1 is 1.22 bits per heavy atom. The second-order valence-electron chi connectivity index (χ2n) is 3.09. The Kier molecular flexibility index (Phi) is 6.12. The maximum absolute atomic E-state index is 8.42. The predicted molar refractivity (Wildman–Crippen MR) is 36.5 cm³/mol. The van der Waals surface area contributed by atoms with E-state index in [0.717, 1.165) is 17.4 Å². The van der Waals surface area contributed by atoms with Crippen LogP contribution in [0.3, 0.4) is 0 Å². The van der Waals surface area contributed by atoms with Crippen LogP contribution in [0.2, 0.25) is 0 Å². The molecule has 0 rings (SSSR count). The molecule has 3 nitrogen and oxygen atoms in total. The number of nitrogens with zero attached hydrogens (tertiary/aromatic N) is 1. The molecule has 3 heteroatoms. The van der Waals surface area contributed by atoms with Gasteiger partial charge in [-0.3, -0.25) is 0 Å². The van der Waals surface area contributed by atoms with Crippen LogP contribution in [0.4, 0.5) is 0 Å². The van der Waals surface area contributed by atoms with Crippen molar-refractivity contribution < 1.29 is 15.1 Å². The Hall–Kier alpha value is -0.120. The molecule has 0 aromatic rings. The first-order chi connectivity index (χ1) is 3.56. The fourth-order valence-corrected chi connectivity index (χ4v) is 0.545. The molecule has 0 aromatic heterocycles. The van der Waals surface area contributed by atoms with E-state index >= 15 is 0 Å². The lowest BCUT2D eigenvalue weighted by Gasteiger charge is -2.22. The molecule has 0 amide bonds. The molecular weight excluding hydrogens is 118 g/mol. The Balaban J connectivity index is 0. The Morgan fingerprint density at radius 2 is 1.67 bits per heavy atom. The lowest BCUT2D eigenvalue weighted by Crippen LogP contribution is -2.35. The summed E-state index contributed by atoms with van der Waals surface area (Å²) in [5.41, 5.74) is 0. The maximum atomic E-state index is 8.42. The summed E-state index contributed by atoms with van der Waals surface area (Å²) in [7, 11) is 6.36. The third-order valence-electron chi connectivity index (χ3n) is 0.987. The van der Waals surface area contributed by atoms with E-state index in [1.165, 1.54) is 0 Å². The standard InChI is InChI=1S/C6H16NO.H2O/c1-7(2,3)5-4-6-8;/h8H,4-6H2,1-3H3;1H2/q+1;/p-1. The first-order valence-electron chi connectivity index (χ1n) is 2.97. The van der Waals surface area contributed by atoms with E-state index in [1.807, 2.05) is 0 Å². The van der Waals surface area contributed by atoms with Gasteiger partial charge in [-0.05, 0) is 0 Å². The molecule has 0 spiro atoms. The average molecular weight is 135 g/mol. The van der Waals surface area contributed by atoms with Crippen molar-refractivity contribution in [3.05, 3.63) is 0 Å². The summed E-state index contributed by atoms with van der Waals surface area (Å²) in [5, 5.41) is 8.42. The highest BCUT2D eigenvalue weighted by Gasteiger charge is 2.03. The van der Waals surface area contributed by atoms with Crippen LogP contribution in [0.1, 0.15) is 6.42 Å². The van der Waals surface area contributed by atoms with E-state index in [0.29, 0.717) is 6.61 Å². The molecular formula is C6H17NO2. The zero-order valence-electron chi connectivity index (χ0n) is 6.46. The fraction of sp³-hybridized carbons (Fsp3) is 1.00. The summed E-state index contributed by atoms with van der Waals surface area (Å²) in [5.74, 6) is 0. The number of hydrogen-bond donors (Lipinski definition) is 1. The summed E-state index contributed by atoms with van der Waals surface area (Å²) in [6.45, 7) is 1.37. The van der Waals surface area contributed by atoms with Gasteiger partial charge < -0.3 is 15.1 Å². The van der Waals surface area contributed by atoms with Gasteiger partial charge in [0.1, 0.15) is 0 Å². The van der Waals surface area contributed by atoms with Gasteiger partial charge in [0.05, 0.1) is 27.7 Å². The van der Waals surface area contributed by atoms with Crippen LogP contribution in [-0.4, -0.2) is 49.4 Å². The van der Waals surface area contributed by atoms with Crippen molar-refractivity contribution in [3.63, 3.8) is 0 Å². The van der Waals surface area contributed by atoms with E-state index in [9.17, 15) is 0 Å². The van der Waals surface area contributed by atoms with Gasteiger partial charge in [-0.25, -0.2) is 0 Å². The zero-order valence-corrected chi connectivity index (χ0v) is 6.46. The van der Waals surface area contributed by atoms with Crippen LogP contribution in [0, 0.1) is 0 Å². The Morgan fingerprint density at radius 3 is 1.78 bits per heavy atom. The minimum Gasteiger partial charge on any atom is -0.870 e. The van der Waals surface area contributed by atoms with Gasteiger partial charge in [0.25, 0.3) is 0 Å². The molecule has 0 aliphatic carbocycles. The normalized spacial score (nSPS) is 10.7. The van der Waals surface area contributed by atoms with Gasteiger partial charge in [0, 0.05) is 13.0 Å².